The van der Waals surface area contributed by atoms with Crippen molar-refractivity contribution in [1.29, 1.82) is 0 Å². The van der Waals surface area contributed by atoms with Crippen molar-refractivity contribution >= 4 is 11.3 Å². The predicted octanol–water partition coefficient (Wildman–Crippen LogP) is 1.13. The fourth-order valence-corrected chi connectivity index (χ4v) is 2.47. The predicted molar refractivity (Wildman–Crippen MR) is 57.3 cm³/mol. The van der Waals surface area contributed by atoms with Crippen LogP contribution >= 0.6 is 11.3 Å². The van der Waals surface area contributed by atoms with Crippen molar-refractivity contribution in [2.45, 2.75) is 19.9 Å². The second-order valence-electron chi connectivity index (χ2n) is 3.83. The molecule has 1 aromatic heterocycles. The highest BCUT2D eigenvalue weighted by atomic mass is 32.1. The van der Waals surface area contributed by atoms with E-state index in [0.717, 1.165) is 26.1 Å². The van der Waals surface area contributed by atoms with Crippen molar-refractivity contribution in [3.05, 3.63) is 16.1 Å². The highest BCUT2D eigenvalue weighted by Gasteiger charge is 2.25. The summed E-state index contributed by atoms with van der Waals surface area (Å²) in [5, 5.41) is 12.2. The Balaban J connectivity index is 1.81. The smallest absolute Gasteiger partial charge is 0.0926 e. The Kier molecular flexibility index (Phi) is 3.15. The third-order valence-electron chi connectivity index (χ3n) is 2.58. The molecule has 1 aliphatic rings. The third-order valence-corrected chi connectivity index (χ3v) is 3.62. The lowest BCUT2D eigenvalue weighted by molar-refractivity contribution is 0.0471. The second-order valence-corrected chi connectivity index (χ2v) is 4.77. The Labute approximate surface area is 88.4 Å². The summed E-state index contributed by atoms with van der Waals surface area (Å²) < 4.78 is 0. The number of hydrogen-bond donors (Lipinski definition) is 1. The van der Waals surface area contributed by atoms with Crippen LogP contribution in [0.5, 0.6) is 0 Å². The van der Waals surface area contributed by atoms with E-state index in [2.05, 4.69) is 22.2 Å². The van der Waals surface area contributed by atoms with Crippen LogP contribution in [0.3, 0.4) is 0 Å². The number of aliphatic hydroxyl groups is 1. The third kappa shape index (κ3) is 2.13. The van der Waals surface area contributed by atoms with Crippen LogP contribution in [0.1, 0.15) is 17.6 Å². The highest BCUT2D eigenvalue weighted by Crippen LogP contribution is 2.19. The molecule has 3 nitrogen and oxygen atoms in total. The van der Waals surface area contributed by atoms with E-state index in [-0.39, 0.29) is 0 Å². The van der Waals surface area contributed by atoms with E-state index in [1.807, 2.05) is 0 Å². The normalized spacial score (nSPS) is 18.4. The first kappa shape index (κ1) is 10.1. The molecular weight excluding hydrogens is 196 g/mol. The zero-order valence-electron chi connectivity index (χ0n) is 8.44. The molecule has 2 heterocycles. The molecule has 0 amide bonds. The lowest BCUT2D eigenvalue weighted by Gasteiger charge is -2.37. The Hall–Kier alpha value is -0.450. The van der Waals surface area contributed by atoms with Crippen LogP contribution in [-0.4, -0.2) is 34.7 Å². The highest BCUT2D eigenvalue weighted by molar-refractivity contribution is 7.09. The van der Waals surface area contributed by atoms with Gasteiger partial charge in [0.2, 0.25) is 0 Å². The van der Waals surface area contributed by atoms with E-state index in [0.29, 0.717) is 12.5 Å². The van der Waals surface area contributed by atoms with Gasteiger partial charge in [0.15, 0.2) is 0 Å². The molecule has 0 aromatic carbocycles. The molecule has 0 radical (unpaired) electrons. The van der Waals surface area contributed by atoms with Crippen molar-refractivity contribution < 1.29 is 5.11 Å². The lowest BCUT2D eigenvalue weighted by Crippen LogP contribution is -2.47. The molecule has 4 heteroatoms. The van der Waals surface area contributed by atoms with E-state index >= 15 is 0 Å². The summed E-state index contributed by atoms with van der Waals surface area (Å²) in [6.45, 7) is 5.46. The summed E-state index contributed by atoms with van der Waals surface area (Å²) in [7, 11) is 0. The van der Waals surface area contributed by atoms with Crippen LogP contribution in [-0.2, 0) is 13.0 Å². The minimum atomic E-state index is 0.327. The van der Waals surface area contributed by atoms with Crippen LogP contribution < -0.4 is 0 Å². The lowest BCUT2D eigenvalue weighted by atomic mass is 10.0. The maximum Gasteiger partial charge on any atom is 0.0926 e. The van der Waals surface area contributed by atoms with E-state index in [1.165, 1.54) is 10.7 Å². The van der Waals surface area contributed by atoms with Gasteiger partial charge in [-0.15, -0.1) is 11.3 Å². The number of nitrogens with zero attached hydrogens (tertiary/aromatic N) is 2. The Morgan fingerprint density at radius 1 is 1.64 bits per heavy atom. The first-order valence-corrected chi connectivity index (χ1v) is 5.96. The van der Waals surface area contributed by atoms with Gasteiger partial charge in [-0.2, -0.15) is 0 Å². The Morgan fingerprint density at radius 2 is 2.43 bits per heavy atom. The number of rotatable bonds is 4. The first-order chi connectivity index (χ1) is 6.81. The summed E-state index contributed by atoms with van der Waals surface area (Å²) in [5.74, 6) is 0.499. The first-order valence-electron chi connectivity index (χ1n) is 5.08. The van der Waals surface area contributed by atoms with Crippen molar-refractivity contribution in [2.75, 3.05) is 19.7 Å². The molecule has 0 bridgehead atoms. The fraction of sp³-hybridized carbons (Fsp3) is 0.700. The zero-order valence-corrected chi connectivity index (χ0v) is 9.26. The Morgan fingerprint density at radius 3 is 3.00 bits per heavy atom. The van der Waals surface area contributed by atoms with Crippen molar-refractivity contribution in [1.82, 2.24) is 9.88 Å². The molecule has 1 saturated heterocycles. The molecule has 1 aromatic rings. The topological polar surface area (TPSA) is 36.4 Å². The van der Waals surface area contributed by atoms with Crippen LogP contribution in [0.2, 0.25) is 0 Å². The number of thiazole rings is 1. The number of aryl methyl sites for hydroxylation is 1. The second kappa shape index (κ2) is 4.38. The maximum absolute atomic E-state index is 8.87. The summed E-state index contributed by atoms with van der Waals surface area (Å²) in [4.78, 5) is 6.84. The quantitative estimate of drug-likeness (QED) is 0.813. The average molecular weight is 212 g/mol. The summed E-state index contributed by atoms with van der Waals surface area (Å²) in [6, 6.07) is 0. The summed E-state index contributed by atoms with van der Waals surface area (Å²) in [6.07, 6.45) is 1.03. The van der Waals surface area contributed by atoms with E-state index in [4.69, 9.17) is 5.11 Å². The molecule has 0 atom stereocenters. The van der Waals surface area contributed by atoms with Crippen molar-refractivity contribution in [2.24, 2.45) is 5.92 Å². The molecule has 0 saturated carbocycles. The molecule has 0 unspecified atom stereocenters. The van der Waals surface area contributed by atoms with E-state index in [1.54, 1.807) is 11.3 Å². The molecule has 14 heavy (non-hydrogen) atoms. The molecule has 1 fully saturated rings. The van der Waals surface area contributed by atoms with E-state index < -0.39 is 0 Å². The van der Waals surface area contributed by atoms with Gasteiger partial charge in [0.05, 0.1) is 10.7 Å². The van der Waals surface area contributed by atoms with Crippen LogP contribution in [0.15, 0.2) is 5.38 Å². The minimum Gasteiger partial charge on any atom is -0.396 e. The van der Waals surface area contributed by atoms with Crippen molar-refractivity contribution in [3.63, 3.8) is 0 Å². The zero-order chi connectivity index (χ0) is 9.97. The van der Waals surface area contributed by atoms with E-state index in [9.17, 15) is 0 Å². The Bertz CT molecular complexity index is 294. The number of hydrogen-bond acceptors (Lipinski definition) is 4. The number of likely N-dealkylation sites (tertiary alicyclic amines) is 1. The van der Waals surface area contributed by atoms with Gasteiger partial charge in [-0.05, 0) is 6.42 Å². The maximum atomic E-state index is 8.87. The monoisotopic (exact) mass is 212 g/mol. The molecule has 0 aliphatic carbocycles. The number of aromatic nitrogens is 1. The largest absolute Gasteiger partial charge is 0.396 e. The SMILES string of the molecule is CCc1nc(CN2CC(CO)C2)cs1. The van der Waals surface area contributed by atoms with Gasteiger partial charge in [0.25, 0.3) is 0 Å². The molecular formula is C10H16N2OS. The molecule has 2 rings (SSSR count). The minimum absolute atomic E-state index is 0.327. The van der Waals surface area contributed by atoms with Gasteiger partial charge in [-0.25, -0.2) is 4.98 Å². The molecule has 78 valence electrons. The van der Waals surface area contributed by atoms with Gasteiger partial charge in [-0.3, -0.25) is 4.90 Å². The fourth-order valence-electron chi connectivity index (χ4n) is 1.73. The van der Waals surface area contributed by atoms with Gasteiger partial charge in [-0.1, -0.05) is 6.92 Å². The van der Waals surface area contributed by atoms with Gasteiger partial charge < -0.3 is 5.11 Å². The number of aliphatic hydroxyl groups excluding tert-OH is 1. The van der Waals surface area contributed by atoms with Crippen LogP contribution in [0.25, 0.3) is 0 Å². The molecule has 1 aliphatic heterocycles. The summed E-state index contributed by atoms with van der Waals surface area (Å²) >= 11 is 1.75. The van der Waals surface area contributed by atoms with Crippen LogP contribution in [0.4, 0.5) is 0 Å². The standard InChI is InChI=1S/C10H16N2OS/c1-2-10-11-9(7-14-10)5-12-3-8(4-12)6-13/h7-8,13H,2-6H2,1H3. The van der Waals surface area contributed by atoms with Crippen molar-refractivity contribution in [3.8, 4) is 0 Å². The molecule has 1 N–H and O–H groups in total. The summed E-state index contributed by atoms with van der Waals surface area (Å²) in [5.41, 5.74) is 1.18. The van der Waals surface area contributed by atoms with Gasteiger partial charge in [0.1, 0.15) is 0 Å². The average Bonchev–Trinajstić information content (AvgIpc) is 2.58. The molecule has 0 spiro atoms. The van der Waals surface area contributed by atoms with Crippen LogP contribution in [0, 0.1) is 5.92 Å². The van der Waals surface area contributed by atoms with Gasteiger partial charge in [0, 0.05) is 37.5 Å². The van der Waals surface area contributed by atoms with Gasteiger partial charge >= 0.3 is 0 Å².